The second-order valence-corrected chi connectivity index (χ2v) is 8.07. The van der Waals surface area contributed by atoms with Gasteiger partial charge in [0.15, 0.2) is 81.4 Å². The van der Waals surface area contributed by atoms with E-state index >= 15 is 0 Å². The molecule has 4 rings (SSSR count). The predicted octanol–water partition coefficient (Wildman–Crippen LogP) is 7.73. The molecule has 4 aromatic carbocycles. The summed E-state index contributed by atoms with van der Waals surface area (Å²) in [6.07, 6.45) is 0. The van der Waals surface area contributed by atoms with Crippen LogP contribution in [0.1, 0.15) is 0 Å². The highest BCUT2D eigenvalue weighted by Crippen LogP contribution is 2.35. The minimum absolute atomic E-state index is 0.297. The molecule has 3 radical (unpaired) electrons. The lowest BCUT2D eigenvalue weighted by molar-refractivity contribution is 0.380. The summed E-state index contributed by atoms with van der Waals surface area (Å²) in [5.41, 5.74) is -5.96. The molecule has 0 fully saturated rings. The van der Waals surface area contributed by atoms with Crippen LogP contribution in [-0.2, 0) is 0 Å². The van der Waals surface area contributed by atoms with Crippen LogP contribution in [0.5, 0.6) is 0 Å². The van der Waals surface area contributed by atoms with E-state index in [1.807, 2.05) is 0 Å². The van der Waals surface area contributed by atoms with Gasteiger partial charge in [-0.2, -0.15) is 0 Å². The van der Waals surface area contributed by atoms with Crippen LogP contribution >= 0.6 is 0 Å². The number of halogens is 16. The topological polar surface area (TPSA) is 0 Å². The molecule has 0 aliphatic carbocycles. The third kappa shape index (κ3) is 5.25. The van der Waals surface area contributed by atoms with Gasteiger partial charge in [0.05, 0.1) is 21.4 Å². The van der Waals surface area contributed by atoms with Gasteiger partial charge >= 0.3 is 0 Å². The van der Waals surface area contributed by atoms with Crippen LogP contribution in [0.15, 0.2) is 18.2 Å². The van der Waals surface area contributed by atoms with Crippen molar-refractivity contribution in [3.8, 4) is 22.3 Å². The summed E-state index contributed by atoms with van der Waals surface area (Å²) in [6.45, 7) is 0. The zero-order valence-electron chi connectivity index (χ0n) is 18.8. The minimum atomic E-state index is -2.45. The molecule has 0 unspecified atom stereocenters. The third-order valence-electron chi connectivity index (χ3n) is 5.14. The van der Waals surface area contributed by atoms with Crippen molar-refractivity contribution in [1.82, 2.24) is 0 Å². The van der Waals surface area contributed by atoms with E-state index in [1.165, 1.54) is 0 Å². The van der Waals surface area contributed by atoms with Gasteiger partial charge in [0.25, 0.3) is 0 Å². The minimum Gasteiger partial charge on any atom is -0.204 e. The fourth-order valence-corrected chi connectivity index (χ4v) is 3.44. The summed E-state index contributed by atoms with van der Waals surface area (Å²) in [6, 6.07) is 1.03. The van der Waals surface area contributed by atoms with E-state index in [0.717, 1.165) is 0 Å². The van der Waals surface area contributed by atoms with Gasteiger partial charge in [-0.05, 0) is 23.4 Å². The molecule has 41 heavy (non-hydrogen) atoms. The lowest BCUT2D eigenvalue weighted by Crippen LogP contribution is -2.15. The Balaban J connectivity index is 0.000000226. The zero-order valence-corrected chi connectivity index (χ0v) is 19.8. The molecule has 0 nitrogen and oxygen atoms in total. The second-order valence-electron chi connectivity index (χ2n) is 7.53. The highest BCUT2D eigenvalue weighted by molar-refractivity contribution is 6.32. The molecule has 0 spiro atoms. The lowest BCUT2D eigenvalue weighted by atomic mass is 10.0. The molecular weight excluding hydrogens is 620 g/mol. The van der Waals surface area contributed by atoms with Crippen LogP contribution in [-0.4, -0.2) is 10.2 Å². The monoisotopic (exact) mass is 623 g/mol. The Hall–Kier alpha value is -4.02. The molecule has 0 aliphatic heterocycles. The molecule has 4 aromatic rings. The molecule has 0 aliphatic rings. The summed E-state index contributed by atoms with van der Waals surface area (Å²) in [4.78, 5) is 0. The Kier molecular flexibility index (Phi) is 8.80. The fourth-order valence-electron chi connectivity index (χ4n) is 3.19. The van der Waals surface area contributed by atoms with E-state index in [-0.39, 0.29) is 0 Å². The maximum Gasteiger partial charge on any atom is 0.200 e. The van der Waals surface area contributed by atoms with Crippen molar-refractivity contribution >= 4 is 15.4 Å². The average molecular weight is 623 g/mol. The van der Waals surface area contributed by atoms with Crippen molar-refractivity contribution < 1.29 is 70.2 Å². The number of hydrogen-bond acceptors (Lipinski definition) is 0. The molecule has 0 bridgehead atoms. The standard InChI is InChI=1S/C12HF8Si.C12H2F8/c13-5-2(1-3(21)6(14)9(5)17)4-7(15)10(18)12(20)11(19)8(4)16;13-4-2-1-3(6(14)7(4)15)5-8(16)10(18)12(20)11(19)9(5)17/h1H;1-2H. The summed E-state index contributed by atoms with van der Waals surface area (Å²) in [5, 5.41) is -0.757. The van der Waals surface area contributed by atoms with Crippen molar-refractivity contribution in [3.05, 3.63) is 111 Å². The van der Waals surface area contributed by atoms with E-state index in [4.69, 9.17) is 0 Å². The van der Waals surface area contributed by atoms with E-state index < -0.39 is 121 Å². The Labute approximate surface area is 219 Å². The largest absolute Gasteiger partial charge is 0.204 e. The maximum atomic E-state index is 13.5. The van der Waals surface area contributed by atoms with Crippen LogP contribution in [0.25, 0.3) is 22.3 Å². The van der Waals surface area contributed by atoms with Gasteiger partial charge in [-0.15, -0.1) is 0 Å². The fraction of sp³-hybridized carbons (Fsp3) is 0. The summed E-state index contributed by atoms with van der Waals surface area (Å²) < 4.78 is 210. The SMILES string of the molecule is Fc1c([Si])cc(-c2c(F)c(F)c(F)c(F)c2F)c(F)c1F.Fc1ccc(-c2c(F)c(F)c(F)c(F)c2F)c(F)c1F. The van der Waals surface area contributed by atoms with Crippen LogP contribution in [0.3, 0.4) is 0 Å². The third-order valence-corrected chi connectivity index (χ3v) is 5.50. The average Bonchev–Trinajstić information content (AvgIpc) is 2.94. The van der Waals surface area contributed by atoms with E-state index in [9.17, 15) is 70.2 Å². The summed E-state index contributed by atoms with van der Waals surface area (Å²) in [7, 11) is 2.50. The molecule has 17 heteroatoms. The van der Waals surface area contributed by atoms with Gasteiger partial charge < -0.3 is 0 Å². The highest BCUT2D eigenvalue weighted by Gasteiger charge is 2.31. The number of hydrogen-bond donors (Lipinski definition) is 0. The first-order valence-electron chi connectivity index (χ1n) is 10.0. The summed E-state index contributed by atoms with van der Waals surface area (Å²) in [5.74, 6) is -35.3. The first-order chi connectivity index (χ1) is 18.9. The van der Waals surface area contributed by atoms with Crippen LogP contribution in [0.2, 0.25) is 0 Å². The van der Waals surface area contributed by atoms with Gasteiger partial charge in [0.2, 0.25) is 11.6 Å². The van der Waals surface area contributed by atoms with E-state index in [2.05, 4.69) is 10.2 Å². The Morgan fingerprint density at radius 1 is 0.317 bits per heavy atom. The normalized spacial score (nSPS) is 11.0. The van der Waals surface area contributed by atoms with Gasteiger partial charge in [-0.1, -0.05) is 0 Å². The van der Waals surface area contributed by atoms with E-state index in [1.54, 1.807) is 0 Å². The molecule has 0 heterocycles. The van der Waals surface area contributed by atoms with Crippen molar-refractivity contribution in [2.75, 3.05) is 0 Å². The predicted molar refractivity (Wildman–Crippen MR) is 108 cm³/mol. The number of rotatable bonds is 2. The molecule has 0 saturated heterocycles. The van der Waals surface area contributed by atoms with E-state index in [0.29, 0.717) is 18.2 Å². The summed E-state index contributed by atoms with van der Waals surface area (Å²) >= 11 is 0. The number of benzene rings is 4. The van der Waals surface area contributed by atoms with Gasteiger partial charge in [0.1, 0.15) is 0 Å². The Morgan fingerprint density at radius 3 is 1.05 bits per heavy atom. The first kappa shape index (κ1) is 31.5. The first-order valence-corrected chi connectivity index (χ1v) is 10.5. The molecule has 215 valence electrons. The maximum absolute atomic E-state index is 13.5. The second kappa shape index (κ2) is 11.5. The van der Waals surface area contributed by atoms with Crippen molar-refractivity contribution in [2.24, 2.45) is 0 Å². The smallest absolute Gasteiger partial charge is 0.200 e. The van der Waals surface area contributed by atoms with Crippen molar-refractivity contribution in [2.45, 2.75) is 0 Å². The highest BCUT2D eigenvalue weighted by atomic mass is 28.1. The van der Waals surface area contributed by atoms with Gasteiger partial charge in [-0.3, -0.25) is 0 Å². The molecule has 0 N–H and O–H groups in total. The van der Waals surface area contributed by atoms with Crippen LogP contribution in [0, 0.1) is 93.1 Å². The Morgan fingerprint density at radius 2 is 0.634 bits per heavy atom. The molecule has 0 aromatic heterocycles. The van der Waals surface area contributed by atoms with Gasteiger partial charge in [0, 0.05) is 11.1 Å². The molecule has 0 amide bonds. The van der Waals surface area contributed by atoms with Crippen molar-refractivity contribution in [1.29, 1.82) is 0 Å². The Bertz CT molecular complexity index is 1660. The van der Waals surface area contributed by atoms with Crippen molar-refractivity contribution in [3.63, 3.8) is 0 Å². The van der Waals surface area contributed by atoms with Gasteiger partial charge in [-0.25, -0.2) is 70.2 Å². The molecular formula is C24H3F16Si. The van der Waals surface area contributed by atoms with Crippen LogP contribution < -0.4 is 5.19 Å². The molecule has 0 atom stereocenters. The molecule has 0 saturated carbocycles. The zero-order chi connectivity index (χ0) is 31.2. The quantitative estimate of drug-likeness (QED) is 0.0929. The van der Waals surface area contributed by atoms with Crippen LogP contribution in [0.4, 0.5) is 70.2 Å². The lowest BCUT2D eigenvalue weighted by Gasteiger charge is -2.11.